The molecule has 1 N–H and O–H groups in total. The Morgan fingerprint density at radius 3 is 2.95 bits per heavy atom. The van der Waals surface area contributed by atoms with Crippen LogP contribution < -0.4 is 10.9 Å². The third-order valence-electron chi connectivity index (χ3n) is 3.08. The molecule has 1 aromatic rings. The molecule has 1 aliphatic rings. The minimum absolute atomic E-state index is 0.103. The van der Waals surface area contributed by atoms with E-state index in [2.05, 4.69) is 26.3 Å². The van der Waals surface area contributed by atoms with E-state index in [9.17, 15) is 9.00 Å². The lowest BCUT2D eigenvalue weighted by molar-refractivity contribution is 0.532. The summed E-state index contributed by atoms with van der Waals surface area (Å²) < 4.78 is 13.3. The number of nitrogens with one attached hydrogen (secondary N) is 1. The molecule has 0 bridgehead atoms. The number of halogens is 1. The SMILES string of the molecule is CCS(=O)CCNc1cnn(CC2CC2)c(=O)c1Br. The first kappa shape index (κ1) is 14.7. The van der Waals surface area contributed by atoms with Gasteiger partial charge < -0.3 is 5.32 Å². The highest BCUT2D eigenvalue weighted by atomic mass is 79.9. The van der Waals surface area contributed by atoms with Crippen molar-refractivity contribution >= 4 is 32.4 Å². The van der Waals surface area contributed by atoms with Crippen molar-refractivity contribution in [1.82, 2.24) is 9.78 Å². The molecule has 0 radical (unpaired) electrons. The van der Waals surface area contributed by atoms with Crippen LogP contribution in [0.3, 0.4) is 0 Å². The van der Waals surface area contributed by atoms with E-state index in [1.54, 1.807) is 6.20 Å². The smallest absolute Gasteiger partial charge is 0.283 e. The predicted molar refractivity (Wildman–Crippen MR) is 81.0 cm³/mol. The van der Waals surface area contributed by atoms with Gasteiger partial charge in [-0.1, -0.05) is 6.92 Å². The molecule has 1 unspecified atom stereocenters. The summed E-state index contributed by atoms with van der Waals surface area (Å²) in [5.41, 5.74) is 0.568. The summed E-state index contributed by atoms with van der Waals surface area (Å²) in [6, 6.07) is 0. The molecule has 5 nitrogen and oxygen atoms in total. The second-order valence-corrected chi connectivity index (χ2v) is 7.32. The zero-order chi connectivity index (χ0) is 13.8. The van der Waals surface area contributed by atoms with Gasteiger partial charge in [-0.2, -0.15) is 5.10 Å². The topological polar surface area (TPSA) is 64.0 Å². The first-order valence-electron chi connectivity index (χ1n) is 6.46. The van der Waals surface area contributed by atoms with Crippen molar-refractivity contribution in [2.45, 2.75) is 26.3 Å². The van der Waals surface area contributed by atoms with E-state index in [-0.39, 0.29) is 5.56 Å². The number of rotatable bonds is 7. The van der Waals surface area contributed by atoms with Crippen LogP contribution in [0, 0.1) is 5.92 Å². The van der Waals surface area contributed by atoms with Crippen molar-refractivity contribution in [2.75, 3.05) is 23.4 Å². The van der Waals surface area contributed by atoms with E-state index >= 15 is 0 Å². The summed E-state index contributed by atoms with van der Waals surface area (Å²) in [6.07, 6.45) is 4.03. The van der Waals surface area contributed by atoms with E-state index in [1.165, 1.54) is 17.5 Å². The van der Waals surface area contributed by atoms with E-state index in [4.69, 9.17) is 0 Å². The fourth-order valence-corrected chi connectivity index (χ4v) is 2.77. The van der Waals surface area contributed by atoms with Gasteiger partial charge in [0.2, 0.25) is 0 Å². The van der Waals surface area contributed by atoms with E-state index < -0.39 is 10.8 Å². The van der Waals surface area contributed by atoms with E-state index in [1.807, 2.05) is 6.92 Å². The first-order chi connectivity index (χ1) is 9.11. The van der Waals surface area contributed by atoms with Gasteiger partial charge in [0.1, 0.15) is 4.47 Å². The molecule has 0 aliphatic heterocycles. The highest BCUT2D eigenvalue weighted by molar-refractivity contribution is 9.10. The Balaban J connectivity index is 1.99. The summed E-state index contributed by atoms with van der Waals surface area (Å²) in [5.74, 6) is 1.85. The van der Waals surface area contributed by atoms with E-state index in [0.29, 0.717) is 40.7 Å². The second kappa shape index (κ2) is 6.65. The number of hydrogen-bond donors (Lipinski definition) is 1. The van der Waals surface area contributed by atoms with Crippen LogP contribution in [-0.4, -0.2) is 32.0 Å². The maximum absolute atomic E-state index is 12.1. The number of anilines is 1. The second-order valence-electron chi connectivity index (χ2n) is 4.66. The Hall–Kier alpha value is -0.690. The predicted octanol–water partition coefficient (Wildman–Crippen LogP) is 1.60. The van der Waals surface area contributed by atoms with Gasteiger partial charge in [0.05, 0.1) is 11.9 Å². The Kier molecular flexibility index (Phi) is 5.15. The summed E-state index contributed by atoms with van der Waals surface area (Å²) in [7, 11) is -0.798. The third kappa shape index (κ3) is 4.14. The van der Waals surface area contributed by atoms with Crippen LogP contribution >= 0.6 is 15.9 Å². The Morgan fingerprint density at radius 2 is 2.32 bits per heavy atom. The van der Waals surface area contributed by atoms with Gasteiger partial charge in [0.25, 0.3) is 5.56 Å². The monoisotopic (exact) mass is 347 g/mol. The molecular weight excluding hydrogens is 330 g/mol. The van der Waals surface area contributed by atoms with Gasteiger partial charge in [0.15, 0.2) is 0 Å². The van der Waals surface area contributed by atoms with Crippen LogP contribution in [0.2, 0.25) is 0 Å². The Bertz CT molecular complexity index is 528. The molecule has 1 aromatic heterocycles. The van der Waals surface area contributed by atoms with Crippen LogP contribution in [0.25, 0.3) is 0 Å². The maximum atomic E-state index is 12.1. The average molecular weight is 348 g/mol. The molecule has 0 aromatic carbocycles. The Morgan fingerprint density at radius 1 is 1.58 bits per heavy atom. The molecule has 19 heavy (non-hydrogen) atoms. The molecular formula is C12H18BrN3O2S. The number of aromatic nitrogens is 2. The summed E-state index contributed by atoms with van der Waals surface area (Å²) in [5, 5.41) is 7.27. The molecule has 1 fully saturated rings. The summed E-state index contributed by atoms with van der Waals surface area (Å²) in [4.78, 5) is 12.1. The van der Waals surface area contributed by atoms with Gasteiger partial charge in [0, 0.05) is 35.4 Å². The normalized spacial score (nSPS) is 16.3. The van der Waals surface area contributed by atoms with Gasteiger partial charge in [-0.25, -0.2) is 4.68 Å². The zero-order valence-electron chi connectivity index (χ0n) is 10.9. The summed E-state index contributed by atoms with van der Waals surface area (Å²) in [6.45, 7) is 3.18. The lowest BCUT2D eigenvalue weighted by Gasteiger charge is -2.09. The minimum atomic E-state index is -0.798. The minimum Gasteiger partial charge on any atom is -0.382 e. The molecule has 1 aliphatic carbocycles. The molecule has 106 valence electrons. The van der Waals surface area contributed by atoms with Gasteiger partial charge >= 0.3 is 0 Å². The highest BCUT2D eigenvalue weighted by Gasteiger charge is 2.23. The molecule has 1 atom stereocenters. The zero-order valence-corrected chi connectivity index (χ0v) is 13.3. The lowest BCUT2D eigenvalue weighted by atomic mass is 10.4. The number of nitrogens with zero attached hydrogens (tertiary/aromatic N) is 2. The average Bonchev–Trinajstić information content (AvgIpc) is 3.21. The summed E-state index contributed by atoms with van der Waals surface area (Å²) >= 11 is 3.31. The first-order valence-corrected chi connectivity index (χ1v) is 8.74. The van der Waals surface area contributed by atoms with Crippen LogP contribution in [0.4, 0.5) is 5.69 Å². The van der Waals surface area contributed by atoms with Crippen molar-refractivity contribution < 1.29 is 4.21 Å². The van der Waals surface area contributed by atoms with Crippen molar-refractivity contribution in [2.24, 2.45) is 5.92 Å². The maximum Gasteiger partial charge on any atom is 0.283 e. The van der Waals surface area contributed by atoms with Crippen molar-refractivity contribution in [3.05, 3.63) is 21.0 Å². The largest absolute Gasteiger partial charge is 0.382 e. The van der Waals surface area contributed by atoms with Gasteiger partial charge in [-0.15, -0.1) is 0 Å². The molecule has 0 saturated heterocycles. The molecule has 0 amide bonds. The van der Waals surface area contributed by atoms with Crippen molar-refractivity contribution in [1.29, 1.82) is 0 Å². The van der Waals surface area contributed by atoms with Crippen LogP contribution in [0.15, 0.2) is 15.5 Å². The quantitative estimate of drug-likeness (QED) is 0.813. The fraction of sp³-hybridized carbons (Fsp3) is 0.667. The van der Waals surface area contributed by atoms with Crippen molar-refractivity contribution in [3.63, 3.8) is 0 Å². The van der Waals surface area contributed by atoms with E-state index in [0.717, 1.165) is 0 Å². The fourth-order valence-electron chi connectivity index (χ4n) is 1.71. The highest BCUT2D eigenvalue weighted by Crippen LogP contribution is 2.30. The van der Waals surface area contributed by atoms with Crippen LogP contribution in [0.1, 0.15) is 19.8 Å². The van der Waals surface area contributed by atoms with Crippen molar-refractivity contribution in [3.8, 4) is 0 Å². The molecule has 2 rings (SSSR count). The lowest BCUT2D eigenvalue weighted by Crippen LogP contribution is -2.25. The molecule has 1 saturated carbocycles. The Labute approximate surface area is 123 Å². The molecule has 0 spiro atoms. The number of hydrogen-bond acceptors (Lipinski definition) is 4. The van der Waals surface area contributed by atoms with Crippen LogP contribution in [-0.2, 0) is 17.3 Å². The standard InChI is InChI=1S/C12H18BrN3O2S/c1-2-19(18)6-5-14-10-7-15-16(8-9-3-4-9)12(17)11(10)13/h7,9,14H,2-6,8H2,1H3. The third-order valence-corrected chi connectivity index (χ3v) is 5.15. The van der Waals surface area contributed by atoms with Crippen LogP contribution in [0.5, 0.6) is 0 Å². The molecule has 1 heterocycles. The van der Waals surface area contributed by atoms with Gasteiger partial charge in [-0.3, -0.25) is 9.00 Å². The van der Waals surface area contributed by atoms with Gasteiger partial charge in [-0.05, 0) is 34.7 Å². The molecule has 7 heteroatoms.